The lowest BCUT2D eigenvalue weighted by atomic mass is 10.0. The molecule has 5 heteroatoms. The Bertz CT molecular complexity index is 574. The fraction of sp³-hybridized carbons (Fsp3) is 0.312. The van der Waals surface area contributed by atoms with Gasteiger partial charge in [0.25, 0.3) is 0 Å². The summed E-state index contributed by atoms with van der Waals surface area (Å²) in [7, 11) is 1.78. The standard InChI is InChI=1S/C16H17F3N2/c1-11-3-5-12(6-4-11)9-15(20-2)14-8-7-13(10-21-14)16(17,18)19/h3-8,10,15,20H,9H2,1-2H3. The summed E-state index contributed by atoms with van der Waals surface area (Å²) in [6, 6.07) is 10.5. The summed E-state index contributed by atoms with van der Waals surface area (Å²) in [5.74, 6) is 0. The number of pyridine rings is 1. The summed E-state index contributed by atoms with van der Waals surface area (Å²) >= 11 is 0. The molecule has 0 saturated heterocycles. The first-order valence-electron chi connectivity index (χ1n) is 6.66. The summed E-state index contributed by atoms with van der Waals surface area (Å²) in [6.07, 6.45) is -2.79. The zero-order valence-corrected chi connectivity index (χ0v) is 11.9. The van der Waals surface area contributed by atoms with Gasteiger partial charge in [0.1, 0.15) is 0 Å². The summed E-state index contributed by atoms with van der Waals surface area (Å²) in [5.41, 5.74) is 2.16. The highest BCUT2D eigenvalue weighted by Crippen LogP contribution is 2.29. The van der Waals surface area contributed by atoms with Crippen LogP contribution in [-0.2, 0) is 12.6 Å². The number of rotatable bonds is 4. The average Bonchev–Trinajstić information content (AvgIpc) is 2.46. The third-order valence-electron chi connectivity index (χ3n) is 3.38. The SMILES string of the molecule is CNC(Cc1ccc(C)cc1)c1ccc(C(F)(F)F)cn1. The number of nitrogens with one attached hydrogen (secondary N) is 1. The lowest BCUT2D eigenvalue weighted by Gasteiger charge is -2.16. The van der Waals surface area contributed by atoms with Crippen molar-refractivity contribution in [3.8, 4) is 0 Å². The van der Waals surface area contributed by atoms with E-state index in [1.54, 1.807) is 7.05 Å². The number of alkyl halides is 3. The summed E-state index contributed by atoms with van der Waals surface area (Å²) in [5, 5.41) is 3.10. The van der Waals surface area contributed by atoms with Gasteiger partial charge >= 0.3 is 6.18 Å². The van der Waals surface area contributed by atoms with Crippen molar-refractivity contribution in [3.05, 3.63) is 65.0 Å². The molecule has 0 aliphatic rings. The third kappa shape index (κ3) is 4.04. The van der Waals surface area contributed by atoms with Crippen LogP contribution < -0.4 is 5.32 Å². The van der Waals surface area contributed by atoms with Crippen LogP contribution in [0.15, 0.2) is 42.6 Å². The van der Waals surface area contributed by atoms with E-state index >= 15 is 0 Å². The molecule has 21 heavy (non-hydrogen) atoms. The van der Waals surface area contributed by atoms with Gasteiger partial charge in [0.2, 0.25) is 0 Å². The zero-order chi connectivity index (χ0) is 15.5. The first kappa shape index (κ1) is 15.5. The minimum atomic E-state index is -4.35. The molecule has 1 aromatic carbocycles. The van der Waals surface area contributed by atoms with Gasteiger partial charge in [-0.3, -0.25) is 4.98 Å². The Labute approximate surface area is 122 Å². The first-order valence-corrected chi connectivity index (χ1v) is 6.66. The van der Waals surface area contributed by atoms with Gasteiger partial charge < -0.3 is 5.32 Å². The number of aromatic nitrogens is 1. The summed E-state index contributed by atoms with van der Waals surface area (Å²) < 4.78 is 37.6. The molecular weight excluding hydrogens is 277 g/mol. The van der Waals surface area contributed by atoms with Gasteiger partial charge in [0.05, 0.1) is 17.3 Å². The Morgan fingerprint density at radius 2 is 1.76 bits per heavy atom. The molecule has 1 atom stereocenters. The fourth-order valence-corrected chi connectivity index (χ4v) is 2.09. The highest BCUT2D eigenvalue weighted by Gasteiger charge is 2.30. The molecule has 0 fully saturated rings. The van der Waals surface area contributed by atoms with Crippen LogP contribution >= 0.6 is 0 Å². The van der Waals surface area contributed by atoms with Crippen LogP contribution in [0.25, 0.3) is 0 Å². The van der Waals surface area contributed by atoms with Crippen LogP contribution in [0, 0.1) is 6.92 Å². The van der Waals surface area contributed by atoms with Crippen LogP contribution in [0.3, 0.4) is 0 Å². The monoisotopic (exact) mass is 294 g/mol. The van der Waals surface area contributed by atoms with E-state index < -0.39 is 11.7 Å². The number of aryl methyl sites for hydroxylation is 1. The molecule has 1 heterocycles. The molecule has 1 aromatic heterocycles. The Morgan fingerprint density at radius 3 is 2.24 bits per heavy atom. The Balaban J connectivity index is 2.15. The normalized spacial score (nSPS) is 13.2. The predicted octanol–water partition coefficient (Wildman–Crippen LogP) is 3.91. The smallest absolute Gasteiger partial charge is 0.311 e. The highest BCUT2D eigenvalue weighted by molar-refractivity contribution is 5.25. The Morgan fingerprint density at radius 1 is 1.10 bits per heavy atom. The van der Waals surface area contributed by atoms with Crippen molar-refractivity contribution < 1.29 is 13.2 Å². The van der Waals surface area contributed by atoms with Gasteiger partial charge in [-0.05, 0) is 38.1 Å². The van der Waals surface area contributed by atoms with Gasteiger partial charge in [-0.15, -0.1) is 0 Å². The maximum Gasteiger partial charge on any atom is 0.417 e. The van der Waals surface area contributed by atoms with Crippen molar-refractivity contribution in [1.29, 1.82) is 0 Å². The Kier molecular flexibility index (Phi) is 4.63. The molecule has 0 radical (unpaired) electrons. The van der Waals surface area contributed by atoms with E-state index in [1.165, 1.54) is 11.6 Å². The minimum absolute atomic E-state index is 0.116. The third-order valence-corrected chi connectivity index (χ3v) is 3.38. The quantitative estimate of drug-likeness (QED) is 0.924. The minimum Gasteiger partial charge on any atom is -0.311 e. The Hall–Kier alpha value is -1.88. The van der Waals surface area contributed by atoms with Gasteiger partial charge in [0.15, 0.2) is 0 Å². The average molecular weight is 294 g/mol. The van der Waals surface area contributed by atoms with Gasteiger partial charge in [-0.2, -0.15) is 13.2 Å². The lowest BCUT2D eigenvalue weighted by Crippen LogP contribution is -2.20. The largest absolute Gasteiger partial charge is 0.417 e. The number of hydrogen-bond acceptors (Lipinski definition) is 2. The van der Waals surface area contributed by atoms with Crippen molar-refractivity contribution >= 4 is 0 Å². The highest BCUT2D eigenvalue weighted by atomic mass is 19.4. The lowest BCUT2D eigenvalue weighted by molar-refractivity contribution is -0.137. The van der Waals surface area contributed by atoms with Crippen molar-refractivity contribution in [2.24, 2.45) is 0 Å². The molecule has 1 N–H and O–H groups in total. The van der Waals surface area contributed by atoms with Crippen LogP contribution in [0.1, 0.15) is 28.4 Å². The van der Waals surface area contributed by atoms with Crippen molar-refractivity contribution in [1.82, 2.24) is 10.3 Å². The maximum atomic E-state index is 12.5. The van der Waals surface area contributed by atoms with Crippen LogP contribution in [0.2, 0.25) is 0 Å². The second kappa shape index (κ2) is 6.26. The number of benzene rings is 1. The number of hydrogen-bond donors (Lipinski definition) is 1. The van der Waals surface area contributed by atoms with Gasteiger partial charge in [-0.1, -0.05) is 29.8 Å². The maximum absolute atomic E-state index is 12.5. The van der Waals surface area contributed by atoms with Crippen molar-refractivity contribution in [3.63, 3.8) is 0 Å². The summed E-state index contributed by atoms with van der Waals surface area (Å²) in [6.45, 7) is 2.01. The molecule has 2 rings (SSSR count). The van der Waals surface area contributed by atoms with Gasteiger partial charge in [-0.25, -0.2) is 0 Å². The molecule has 112 valence electrons. The number of likely N-dealkylation sites (N-methyl/N-ethyl adjacent to an activating group) is 1. The molecule has 0 spiro atoms. The molecule has 2 aromatic rings. The van der Waals surface area contributed by atoms with E-state index in [0.717, 1.165) is 17.8 Å². The van der Waals surface area contributed by atoms with Crippen molar-refractivity contribution in [2.45, 2.75) is 25.6 Å². The van der Waals surface area contributed by atoms with E-state index in [-0.39, 0.29) is 6.04 Å². The molecule has 0 amide bonds. The molecule has 0 saturated carbocycles. The van der Waals surface area contributed by atoms with E-state index in [4.69, 9.17) is 0 Å². The predicted molar refractivity (Wildman–Crippen MR) is 75.9 cm³/mol. The van der Waals surface area contributed by atoms with E-state index in [2.05, 4.69) is 10.3 Å². The van der Waals surface area contributed by atoms with Crippen LogP contribution in [0.4, 0.5) is 13.2 Å². The topological polar surface area (TPSA) is 24.9 Å². The molecule has 0 aliphatic heterocycles. The molecule has 0 bridgehead atoms. The first-order chi connectivity index (χ1) is 9.90. The van der Waals surface area contributed by atoms with E-state index in [9.17, 15) is 13.2 Å². The molecular formula is C16H17F3N2. The molecule has 2 nitrogen and oxygen atoms in total. The number of nitrogens with zero attached hydrogens (tertiary/aromatic N) is 1. The fourth-order valence-electron chi connectivity index (χ4n) is 2.09. The van der Waals surface area contributed by atoms with Crippen molar-refractivity contribution in [2.75, 3.05) is 7.05 Å². The second-order valence-corrected chi connectivity index (χ2v) is 5.00. The zero-order valence-electron chi connectivity index (χ0n) is 11.9. The number of halogens is 3. The van der Waals surface area contributed by atoms with Gasteiger partial charge in [0, 0.05) is 6.20 Å². The molecule has 0 aliphatic carbocycles. The van der Waals surface area contributed by atoms with Crippen LogP contribution in [-0.4, -0.2) is 12.0 Å². The van der Waals surface area contributed by atoms with E-state index in [1.807, 2.05) is 31.2 Å². The van der Waals surface area contributed by atoms with E-state index in [0.29, 0.717) is 12.1 Å². The summed E-state index contributed by atoms with van der Waals surface area (Å²) in [4.78, 5) is 3.95. The van der Waals surface area contributed by atoms with Crippen LogP contribution in [0.5, 0.6) is 0 Å². The molecule has 1 unspecified atom stereocenters. The second-order valence-electron chi connectivity index (χ2n) is 5.00.